The largest absolute Gasteiger partial charge is 0.365 e. The smallest absolute Gasteiger partial charge is 0.253 e. The van der Waals surface area contributed by atoms with E-state index in [0.29, 0.717) is 13.1 Å². The molecule has 0 aliphatic carbocycles. The molecule has 1 atom stereocenters. The highest BCUT2D eigenvalue weighted by Crippen LogP contribution is 2.22. The molecule has 1 aromatic rings. The molecule has 126 valence electrons. The molecule has 23 heavy (non-hydrogen) atoms. The Morgan fingerprint density at radius 1 is 1.30 bits per heavy atom. The molecule has 1 unspecified atom stereocenters. The number of amides is 2. The van der Waals surface area contributed by atoms with E-state index in [9.17, 15) is 9.59 Å². The Kier molecular flexibility index (Phi) is 5.09. The van der Waals surface area contributed by atoms with E-state index in [1.54, 1.807) is 4.90 Å². The van der Waals surface area contributed by atoms with Gasteiger partial charge in [-0.05, 0) is 37.1 Å². The second-order valence-corrected chi connectivity index (χ2v) is 7.17. The van der Waals surface area contributed by atoms with E-state index in [1.807, 2.05) is 52.8 Å². The fraction of sp³-hybridized carbons (Fsp3) is 0.556. The Morgan fingerprint density at radius 3 is 2.61 bits per heavy atom. The van der Waals surface area contributed by atoms with Gasteiger partial charge in [-0.15, -0.1) is 0 Å². The van der Waals surface area contributed by atoms with Crippen LogP contribution in [0.25, 0.3) is 0 Å². The first kappa shape index (κ1) is 17.5. The number of carbonyl (C=O) groups is 2. The number of rotatable bonds is 3. The summed E-state index contributed by atoms with van der Waals surface area (Å²) in [6.45, 7) is 10.6. The number of aryl methyl sites for hydroxylation is 2. The van der Waals surface area contributed by atoms with E-state index in [2.05, 4.69) is 5.32 Å². The van der Waals surface area contributed by atoms with Gasteiger partial charge in [0.2, 0.25) is 5.91 Å². The van der Waals surface area contributed by atoms with Crippen molar-refractivity contribution in [1.29, 1.82) is 0 Å². The summed E-state index contributed by atoms with van der Waals surface area (Å²) in [4.78, 5) is 25.8. The number of morpholine rings is 1. The number of nitrogens with zero attached hydrogens (tertiary/aromatic N) is 1. The van der Waals surface area contributed by atoms with E-state index in [-0.39, 0.29) is 24.5 Å². The number of benzene rings is 1. The molecule has 1 N–H and O–H groups in total. The van der Waals surface area contributed by atoms with Crippen LogP contribution in [0.1, 0.15) is 31.9 Å². The number of anilines is 1. The van der Waals surface area contributed by atoms with Gasteiger partial charge in [0.15, 0.2) is 0 Å². The summed E-state index contributed by atoms with van der Waals surface area (Å²) in [6, 6.07) is 5.99. The summed E-state index contributed by atoms with van der Waals surface area (Å²) < 4.78 is 5.55. The van der Waals surface area contributed by atoms with Crippen molar-refractivity contribution in [3.63, 3.8) is 0 Å². The summed E-state index contributed by atoms with van der Waals surface area (Å²) in [6.07, 6.45) is -0.194. The predicted molar refractivity (Wildman–Crippen MR) is 90.5 cm³/mol. The molecule has 2 amide bonds. The molecular formula is C18H26N2O3. The molecular weight excluding hydrogens is 292 g/mol. The van der Waals surface area contributed by atoms with Crippen molar-refractivity contribution in [3.8, 4) is 0 Å². The third-order valence-electron chi connectivity index (χ3n) is 4.10. The minimum absolute atomic E-state index is 0.0178. The first-order chi connectivity index (χ1) is 10.7. The fourth-order valence-corrected chi connectivity index (χ4v) is 2.36. The van der Waals surface area contributed by atoms with Gasteiger partial charge < -0.3 is 15.0 Å². The van der Waals surface area contributed by atoms with Crippen LogP contribution in [0.15, 0.2) is 18.2 Å². The number of carbonyl (C=O) groups excluding carboxylic acids is 2. The number of nitrogens with one attached hydrogen (secondary N) is 1. The van der Waals surface area contributed by atoms with E-state index >= 15 is 0 Å². The van der Waals surface area contributed by atoms with Crippen LogP contribution in [0.2, 0.25) is 0 Å². The zero-order valence-electron chi connectivity index (χ0n) is 14.6. The average molecular weight is 318 g/mol. The first-order valence-electron chi connectivity index (χ1n) is 7.96. The maximum atomic E-state index is 12.1. The molecule has 1 saturated heterocycles. The fourth-order valence-electron chi connectivity index (χ4n) is 2.36. The topological polar surface area (TPSA) is 58.6 Å². The van der Waals surface area contributed by atoms with Gasteiger partial charge >= 0.3 is 0 Å². The summed E-state index contributed by atoms with van der Waals surface area (Å²) >= 11 is 0. The minimum Gasteiger partial charge on any atom is -0.365 e. The quantitative estimate of drug-likeness (QED) is 0.929. The van der Waals surface area contributed by atoms with Gasteiger partial charge in [-0.1, -0.05) is 26.8 Å². The average Bonchev–Trinajstić information content (AvgIpc) is 2.48. The van der Waals surface area contributed by atoms with Crippen molar-refractivity contribution < 1.29 is 14.3 Å². The van der Waals surface area contributed by atoms with E-state index < -0.39 is 5.41 Å². The van der Waals surface area contributed by atoms with Crippen LogP contribution in [-0.4, -0.2) is 37.6 Å². The minimum atomic E-state index is -0.432. The van der Waals surface area contributed by atoms with Crippen molar-refractivity contribution in [2.45, 2.75) is 40.7 Å². The summed E-state index contributed by atoms with van der Waals surface area (Å²) in [5.74, 6) is -0.0672. The third kappa shape index (κ3) is 4.32. The maximum absolute atomic E-state index is 12.1. The van der Waals surface area contributed by atoms with Crippen molar-refractivity contribution in [2.24, 2.45) is 5.41 Å². The second-order valence-electron chi connectivity index (χ2n) is 7.17. The van der Waals surface area contributed by atoms with Crippen molar-refractivity contribution in [1.82, 2.24) is 5.32 Å². The molecule has 0 spiro atoms. The number of ether oxygens (including phenoxy) is 1. The van der Waals surface area contributed by atoms with Gasteiger partial charge in [-0.3, -0.25) is 9.59 Å². The molecule has 1 fully saturated rings. The normalized spacial score (nSPS) is 18.9. The lowest BCUT2D eigenvalue weighted by Crippen LogP contribution is -2.51. The van der Waals surface area contributed by atoms with Crippen LogP contribution < -0.4 is 10.2 Å². The highest BCUT2D eigenvalue weighted by molar-refractivity contribution is 5.95. The molecule has 0 radical (unpaired) electrons. The zero-order valence-corrected chi connectivity index (χ0v) is 14.6. The zero-order chi connectivity index (χ0) is 17.2. The van der Waals surface area contributed by atoms with Gasteiger partial charge in [-0.25, -0.2) is 0 Å². The lowest BCUT2D eigenvalue weighted by molar-refractivity contribution is -0.131. The molecule has 1 aromatic carbocycles. The summed E-state index contributed by atoms with van der Waals surface area (Å²) in [5.41, 5.74) is 2.80. The highest BCUT2D eigenvalue weighted by Gasteiger charge is 2.29. The third-order valence-corrected chi connectivity index (χ3v) is 4.10. The van der Waals surface area contributed by atoms with Crippen LogP contribution in [0.3, 0.4) is 0 Å². The Bertz CT molecular complexity index is 605. The molecule has 1 aliphatic heterocycles. The van der Waals surface area contributed by atoms with E-state index in [1.165, 1.54) is 5.56 Å². The molecule has 5 nitrogen and oxygen atoms in total. The van der Waals surface area contributed by atoms with Gasteiger partial charge in [-0.2, -0.15) is 0 Å². The van der Waals surface area contributed by atoms with Crippen LogP contribution >= 0.6 is 0 Å². The Hall–Kier alpha value is -1.88. The molecule has 2 rings (SSSR count). The molecule has 1 heterocycles. The highest BCUT2D eigenvalue weighted by atomic mass is 16.5. The standard InChI is InChI=1S/C18H26N2O3/c1-12-6-7-14(8-13(12)2)20-10-15(23-11-16(20)21)9-19-17(22)18(3,4)5/h6-8,15H,9-11H2,1-5H3,(H,19,22). The Balaban J connectivity index is 2.03. The van der Waals surface area contributed by atoms with Crippen LogP contribution in [0, 0.1) is 19.3 Å². The maximum Gasteiger partial charge on any atom is 0.253 e. The number of hydrogen-bond donors (Lipinski definition) is 1. The SMILES string of the molecule is Cc1ccc(N2CC(CNC(=O)C(C)(C)C)OCC2=O)cc1C. The molecule has 0 saturated carbocycles. The molecule has 0 bridgehead atoms. The van der Waals surface area contributed by atoms with Gasteiger partial charge in [0.25, 0.3) is 5.91 Å². The van der Waals surface area contributed by atoms with E-state index in [4.69, 9.17) is 4.74 Å². The molecule has 5 heteroatoms. The van der Waals surface area contributed by atoms with Gasteiger partial charge in [0.1, 0.15) is 6.61 Å². The second kappa shape index (κ2) is 6.71. The molecule has 0 aromatic heterocycles. The monoisotopic (exact) mass is 318 g/mol. The van der Waals surface area contributed by atoms with Gasteiger partial charge in [0, 0.05) is 17.6 Å². The van der Waals surface area contributed by atoms with E-state index in [0.717, 1.165) is 11.3 Å². The van der Waals surface area contributed by atoms with Gasteiger partial charge in [0.05, 0.1) is 12.6 Å². The van der Waals surface area contributed by atoms with Crippen molar-refractivity contribution in [2.75, 3.05) is 24.6 Å². The first-order valence-corrected chi connectivity index (χ1v) is 7.96. The molecule has 1 aliphatic rings. The Morgan fingerprint density at radius 2 is 2.00 bits per heavy atom. The summed E-state index contributed by atoms with van der Waals surface area (Å²) in [5, 5.41) is 2.90. The summed E-state index contributed by atoms with van der Waals surface area (Å²) in [7, 11) is 0. The lowest BCUT2D eigenvalue weighted by atomic mass is 9.95. The van der Waals surface area contributed by atoms with Crippen LogP contribution in [-0.2, 0) is 14.3 Å². The van der Waals surface area contributed by atoms with Crippen molar-refractivity contribution >= 4 is 17.5 Å². The predicted octanol–water partition coefficient (Wildman–Crippen LogP) is 2.20. The number of hydrogen-bond acceptors (Lipinski definition) is 3. The lowest BCUT2D eigenvalue weighted by Gasteiger charge is -2.33. The van der Waals surface area contributed by atoms with Crippen LogP contribution in [0.5, 0.6) is 0 Å². The van der Waals surface area contributed by atoms with Crippen molar-refractivity contribution in [3.05, 3.63) is 29.3 Å². The van der Waals surface area contributed by atoms with Crippen LogP contribution in [0.4, 0.5) is 5.69 Å². The Labute approximate surface area is 138 Å².